The summed E-state index contributed by atoms with van der Waals surface area (Å²) >= 11 is 0. The van der Waals surface area contributed by atoms with Crippen molar-refractivity contribution in [2.24, 2.45) is 0 Å². The smallest absolute Gasteiger partial charge is 0.534 e. The van der Waals surface area contributed by atoms with E-state index in [-0.39, 0.29) is 7.12 Å². The normalized spacial score (nSPS) is 18.4. The van der Waals surface area contributed by atoms with Gasteiger partial charge in [-0.15, -0.1) is 0 Å². The first-order chi connectivity index (χ1) is 8.45. The number of rotatable bonds is 1. The minimum atomic E-state index is -0.423. The van der Waals surface area contributed by atoms with Crippen LogP contribution in [0.4, 0.5) is 0 Å². The second-order valence-electron chi connectivity index (χ2n) is 5.30. The van der Waals surface area contributed by atoms with Crippen molar-refractivity contribution in [3.8, 4) is 0 Å². The lowest BCUT2D eigenvalue weighted by Gasteiger charge is -2.15. The van der Waals surface area contributed by atoms with Crippen LogP contribution in [0.25, 0.3) is 10.9 Å². The molecule has 1 aromatic heterocycles. The Hall–Kier alpha value is -1.68. The topological polar surface area (TPSA) is 34.2 Å². The number of fused-ring (bicyclic) bond motifs is 1. The predicted molar refractivity (Wildman–Crippen MR) is 73.8 cm³/mol. The summed E-state index contributed by atoms with van der Waals surface area (Å²) in [5.41, 5.74) is 2.88. The van der Waals surface area contributed by atoms with Gasteiger partial charge in [0.25, 0.3) is 0 Å². The summed E-state index contributed by atoms with van der Waals surface area (Å²) in [5, 5.41) is 1.17. The summed E-state index contributed by atoms with van der Waals surface area (Å²) in [4.78, 5) is 3.30. The lowest BCUT2D eigenvalue weighted by atomic mass is 9.79. The lowest BCUT2D eigenvalue weighted by molar-refractivity contribution is 0.173. The van der Waals surface area contributed by atoms with E-state index in [4.69, 9.17) is 9.31 Å². The maximum absolute atomic E-state index is 5.87. The number of hydrogen-bond acceptors (Lipinski definition) is 2. The van der Waals surface area contributed by atoms with Crippen LogP contribution in [0.15, 0.2) is 36.6 Å². The zero-order valence-electron chi connectivity index (χ0n) is 10.9. The molecule has 2 heterocycles. The van der Waals surface area contributed by atoms with Gasteiger partial charge in [0.2, 0.25) is 0 Å². The van der Waals surface area contributed by atoms with Gasteiger partial charge >= 0.3 is 7.12 Å². The third kappa shape index (κ3) is 1.73. The molecule has 1 fully saturated rings. The molecule has 4 heteroatoms. The Morgan fingerprint density at radius 1 is 1.28 bits per heavy atom. The van der Waals surface area contributed by atoms with E-state index in [0.717, 1.165) is 16.7 Å². The van der Waals surface area contributed by atoms with Gasteiger partial charge < -0.3 is 14.3 Å². The Labute approximate surface area is 107 Å². The number of aryl methyl sites for hydroxylation is 1. The molecule has 0 bridgehead atoms. The Kier molecular flexibility index (Phi) is 2.32. The van der Waals surface area contributed by atoms with Crippen molar-refractivity contribution in [2.45, 2.75) is 26.4 Å². The van der Waals surface area contributed by atoms with E-state index in [9.17, 15) is 0 Å². The predicted octanol–water partition coefficient (Wildman–Crippen LogP) is 2.51. The van der Waals surface area contributed by atoms with Gasteiger partial charge in [0.05, 0.1) is 5.76 Å². The molecule has 0 amide bonds. The maximum Gasteiger partial charge on any atom is 0.563 e. The maximum atomic E-state index is 5.87. The minimum absolute atomic E-state index is 0.355. The zero-order chi connectivity index (χ0) is 12.9. The molecule has 2 aromatic rings. The van der Waals surface area contributed by atoms with Gasteiger partial charge in [0, 0.05) is 11.2 Å². The third-order valence-electron chi connectivity index (χ3n) is 3.37. The highest BCUT2D eigenvalue weighted by Crippen LogP contribution is 2.29. The highest BCUT2D eigenvalue weighted by Gasteiger charge is 2.42. The van der Waals surface area contributed by atoms with Crippen LogP contribution in [-0.4, -0.2) is 17.7 Å². The molecular formula is C14H16BNO2. The fourth-order valence-corrected chi connectivity index (χ4v) is 2.21. The second kappa shape index (κ2) is 3.66. The van der Waals surface area contributed by atoms with E-state index < -0.39 is 5.60 Å². The van der Waals surface area contributed by atoms with E-state index in [0.29, 0.717) is 5.76 Å². The fourth-order valence-electron chi connectivity index (χ4n) is 2.21. The van der Waals surface area contributed by atoms with Crippen molar-refractivity contribution in [1.29, 1.82) is 0 Å². The van der Waals surface area contributed by atoms with Crippen LogP contribution in [0, 0.1) is 6.92 Å². The monoisotopic (exact) mass is 241 g/mol. The number of hydrogen-bond donors (Lipinski definition) is 1. The summed E-state index contributed by atoms with van der Waals surface area (Å²) in [5.74, 6) is 0.679. The summed E-state index contributed by atoms with van der Waals surface area (Å²) in [6.45, 7) is 9.88. The fraction of sp³-hybridized carbons (Fsp3) is 0.286. The zero-order valence-corrected chi connectivity index (χ0v) is 10.9. The van der Waals surface area contributed by atoms with Crippen molar-refractivity contribution in [3.63, 3.8) is 0 Å². The summed E-state index contributed by atoms with van der Waals surface area (Å²) < 4.78 is 11.6. The third-order valence-corrected chi connectivity index (χ3v) is 3.37. The van der Waals surface area contributed by atoms with Gasteiger partial charge in [-0.1, -0.05) is 18.7 Å². The molecule has 92 valence electrons. The molecule has 1 aromatic carbocycles. The molecule has 0 aliphatic carbocycles. The van der Waals surface area contributed by atoms with Crippen molar-refractivity contribution in [3.05, 3.63) is 42.3 Å². The van der Waals surface area contributed by atoms with E-state index >= 15 is 0 Å². The summed E-state index contributed by atoms with van der Waals surface area (Å²) in [7, 11) is -0.355. The minimum Gasteiger partial charge on any atom is -0.534 e. The van der Waals surface area contributed by atoms with Crippen molar-refractivity contribution in [2.75, 3.05) is 0 Å². The molecule has 0 radical (unpaired) electrons. The van der Waals surface area contributed by atoms with Gasteiger partial charge in [-0.2, -0.15) is 0 Å². The van der Waals surface area contributed by atoms with Crippen LogP contribution >= 0.6 is 0 Å². The van der Waals surface area contributed by atoms with Gasteiger partial charge in [-0.25, -0.2) is 0 Å². The molecule has 1 N–H and O–H groups in total. The SMILES string of the molecule is C=C1OB(c2ccc3[nH]c(C)cc3c2)OC1(C)C. The van der Waals surface area contributed by atoms with Gasteiger partial charge in [-0.3, -0.25) is 0 Å². The molecule has 0 atom stereocenters. The standard InChI is InChI=1S/C14H16BNO2/c1-9-7-11-8-12(5-6-13(11)16-9)15-17-10(2)14(3,4)18-15/h5-8,16H,2H2,1,3-4H3. The van der Waals surface area contributed by atoms with Crippen LogP contribution in [-0.2, 0) is 9.31 Å². The number of aromatic amines is 1. The molecule has 0 saturated carbocycles. The first-order valence-corrected chi connectivity index (χ1v) is 6.09. The van der Waals surface area contributed by atoms with Gasteiger partial charge in [-0.05, 0) is 43.8 Å². The first kappa shape index (κ1) is 11.4. The van der Waals surface area contributed by atoms with Crippen LogP contribution in [0.1, 0.15) is 19.5 Å². The van der Waals surface area contributed by atoms with Crippen molar-refractivity contribution >= 4 is 23.5 Å². The van der Waals surface area contributed by atoms with E-state index in [1.165, 1.54) is 5.39 Å². The summed E-state index contributed by atoms with van der Waals surface area (Å²) in [6.07, 6.45) is 0. The van der Waals surface area contributed by atoms with Crippen LogP contribution in [0.5, 0.6) is 0 Å². The van der Waals surface area contributed by atoms with E-state index in [1.807, 2.05) is 26.8 Å². The van der Waals surface area contributed by atoms with E-state index in [2.05, 4.69) is 29.8 Å². The quantitative estimate of drug-likeness (QED) is 0.778. The molecule has 1 aliphatic heterocycles. The molecule has 0 unspecified atom stereocenters. The highest BCUT2D eigenvalue weighted by molar-refractivity contribution is 6.62. The van der Waals surface area contributed by atoms with Crippen LogP contribution < -0.4 is 5.46 Å². The first-order valence-electron chi connectivity index (χ1n) is 6.09. The largest absolute Gasteiger partial charge is 0.563 e. The molecule has 18 heavy (non-hydrogen) atoms. The number of benzene rings is 1. The lowest BCUT2D eigenvalue weighted by Crippen LogP contribution is -2.34. The van der Waals surface area contributed by atoms with Crippen LogP contribution in [0.3, 0.4) is 0 Å². The average Bonchev–Trinajstić information content (AvgIpc) is 2.77. The second-order valence-corrected chi connectivity index (χ2v) is 5.30. The molecule has 1 saturated heterocycles. The van der Waals surface area contributed by atoms with Gasteiger partial charge in [0.15, 0.2) is 0 Å². The van der Waals surface area contributed by atoms with Crippen LogP contribution in [0.2, 0.25) is 0 Å². The van der Waals surface area contributed by atoms with E-state index in [1.54, 1.807) is 0 Å². The molecule has 3 nitrogen and oxygen atoms in total. The Morgan fingerprint density at radius 3 is 2.72 bits per heavy atom. The molecule has 3 rings (SSSR count). The van der Waals surface area contributed by atoms with Gasteiger partial charge in [0.1, 0.15) is 5.60 Å². The Balaban J connectivity index is 1.98. The van der Waals surface area contributed by atoms with Crippen molar-refractivity contribution < 1.29 is 9.31 Å². The summed E-state index contributed by atoms with van der Waals surface area (Å²) in [6, 6.07) is 8.29. The Bertz CT molecular complexity index is 630. The molecule has 0 spiro atoms. The number of H-pyrrole nitrogens is 1. The van der Waals surface area contributed by atoms with Crippen molar-refractivity contribution in [1.82, 2.24) is 4.98 Å². The number of nitrogens with one attached hydrogen (secondary N) is 1. The molecular weight excluding hydrogens is 225 g/mol. The average molecular weight is 241 g/mol. The Morgan fingerprint density at radius 2 is 2.06 bits per heavy atom. The molecule has 1 aliphatic rings. The highest BCUT2D eigenvalue weighted by atomic mass is 16.7. The number of aromatic nitrogens is 1.